The molecule has 2 unspecified atom stereocenters. The molecule has 3 rings (SSSR count). The molecule has 3 nitrogen and oxygen atoms in total. The van der Waals surface area contributed by atoms with Crippen LogP contribution in [0.3, 0.4) is 0 Å². The van der Waals surface area contributed by atoms with E-state index in [1.165, 1.54) is 56.1 Å². The lowest BCUT2D eigenvalue weighted by Gasteiger charge is -2.16. The molecule has 3 heteroatoms. The number of carbonyl (C=O) groups excluding carboxylic acids is 1. The van der Waals surface area contributed by atoms with Gasteiger partial charge in [0.2, 0.25) is 0 Å². The third kappa shape index (κ3) is 8.86. The Balaban J connectivity index is 1.57. The maximum absolute atomic E-state index is 12.7. The molecular weight excluding hydrogens is 456 g/mol. The summed E-state index contributed by atoms with van der Waals surface area (Å²) < 4.78 is 11.6. The van der Waals surface area contributed by atoms with Gasteiger partial charge in [0, 0.05) is 6.61 Å². The van der Waals surface area contributed by atoms with Gasteiger partial charge in [0.1, 0.15) is 5.75 Å². The van der Waals surface area contributed by atoms with E-state index in [1.807, 2.05) is 36.4 Å². The van der Waals surface area contributed by atoms with Gasteiger partial charge < -0.3 is 9.47 Å². The summed E-state index contributed by atoms with van der Waals surface area (Å²) >= 11 is 0. The van der Waals surface area contributed by atoms with Crippen molar-refractivity contribution < 1.29 is 14.3 Å². The van der Waals surface area contributed by atoms with E-state index in [2.05, 4.69) is 64.1 Å². The lowest BCUT2D eigenvalue weighted by atomic mass is 9.90. The normalized spacial score (nSPS) is 12.8. The summed E-state index contributed by atoms with van der Waals surface area (Å²) in [6, 6.07) is 24.2. The first kappa shape index (κ1) is 28.7. The molecule has 0 aliphatic heterocycles. The Morgan fingerprint density at radius 2 is 1.27 bits per heavy atom. The number of unbranched alkanes of at least 4 members (excludes halogenated alkanes) is 3. The second kappa shape index (κ2) is 15.4. The molecular formula is C34H44O3. The number of hydrogen-bond acceptors (Lipinski definition) is 3. The van der Waals surface area contributed by atoms with Gasteiger partial charge in [-0.2, -0.15) is 0 Å². The quantitative estimate of drug-likeness (QED) is 0.118. The molecule has 0 aromatic heterocycles. The molecule has 2 atom stereocenters. The van der Waals surface area contributed by atoms with Crippen molar-refractivity contribution in [2.24, 2.45) is 0 Å². The van der Waals surface area contributed by atoms with Gasteiger partial charge in [0.25, 0.3) is 0 Å². The summed E-state index contributed by atoms with van der Waals surface area (Å²) in [6.07, 6.45) is 9.65. The minimum atomic E-state index is -0.334. The minimum absolute atomic E-state index is 0.0889. The van der Waals surface area contributed by atoms with Gasteiger partial charge in [0.15, 0.2) is 0 Å². The molecule has 3 aromatic carbocycles. The van der Waals surface area contributed by atoms with E-state index in [0.29, 0.717) is 17.2 Å². The van der Waals surface area contributed by atoms with Gasteiger partial charge in [-0.1, -0.05) is 101 Å². The molecule has 0 radical (unpaired) electrons. The van der Waals surface area contributed by atoms with Gasteiger partial charge >= 0.3 is 5.97 Å². The van der Waals surface area contributed by atoms with E-state index in [4.69, 9.17) is 9.47 Å². The van der Waals surface area contributed by atoms with E-state index in [9.17, 15) is 4.79 Å². The topological polar surface area (TPSA) is 35.5 Å². The standard InChI is InChI=1S/C34H44O3/c1-5-8-10-25-36-26(4)27-13-15-29(16-14-27)30-17-19-32(20-18-30)34(35)37-33-23-21-31(22-24-33)28(11-7-3)12-9-6-2/h13-24,26,28H,5-12,25H2,1-4H3. The fourth-order valence-corrected chi connectivity index (χ4v) is 4.70. The summed E-state index contributed by atoms with van der Waals surface area (Å²) in [4.78, 5) is 12.7. The Hall–Kier alpha value is -2.91. The molecule has 0 bridgehead atoms. The van der Waals surface area contributed by atoms with Gasteiger partial charge in [-0.25, -0.2) is 4.79 Å². The lowest BCUT2D eigenvalue weighted by molar-refractivity contribution is 0.0630. The molecule has 0 heterocycles. The molecule has 0 fully saturated rings. The highest BCUT2D eigenvalue weighted by molar-refractivity contribution is 5.91. The van der Waals surface area contributed by atoms with Crippen LogP contribution >= 0.6 is 0 Å². The van der Waals surface area contributed by atoms with E-state index in [0.717, 1.165) is 24.2 Å². The maximum atomic E-state index is 12.7. The highest BCUT2D eigenvalue weighted by Crippen LogP contribution is 2.29. The van der Waals surface area contributed by atoms with Crippen LogP contribution in [0.25, 0.3) is 11.1 Å². The summed E-state index contributed by atoms with van der Waals surface area (Å²) in [5, 5.41) is 0. The highest BCUT2D eigenvalue weighted by Gasteiger charge is 2.13. The Morgan fingerprint density at radius 1 is 0.676 bits per heavy atom. The van der Waals surface area contributed by atoms with Crippen LogP contribution in [-0.4, -0.2) is 12.6 Å². The van der Waals surface area contributed by atoms with Crippen molar-refractivity contribution in [3.05, 3.63) is 89.5 Å². The number of rotatable bonds is 15. The third-order valence-corrected chi connectivity index (χ3v) is 7.06. The maximum Gasteiger partial charge on any atom is 0.343 e. The summed E-state index contributed by atoms with van der Waals surface area (Å²) in [6.45, 7) is 9.58. The second-order valence-corrected chi connectivity index (χ2v) is 10.0. The minimum Gasteiger partial charge on any atom is -0.423 e. The first-order valence-electron chi connectivity index (χ1n) is 14.2. The zero-order valence-electron chi connectivity index (χ0n) is 23.2. The van der Waals surface area contributed by atoms with E-state index >= 15 is 0 Å². The van der Waals surface area contributed by atoms with E-state index in [1.54, 1.807) is 0 Å². The lowest BCUT2D eigenvalue weighted by Crippen LogP contribution is -2.08. The van der Waals surface area contributed by atoms with Crippen molar-refractivity contribution in [1.29, 1.82) is 0 Å². The SMILES string of the molecule is CCCCCOC(C)c1ccc(-c2ccc(C(=O)Oc3ccc(C(CCC)CCCC)cc3)cc2)cc1. The van der Waals surface area contributed by atoms with Crippen molar-refractivity contribution in [3.63, 3.8) is 0 Å². The number of ether oxygens (including phenoxy) is 2. The Labute approximate surface area is 224 Å². The van der Waals surface area contributed by atoms with Crippen molar-refractivity contribution in [1.82, 2.24) is 0 Å². The molecule has 0 saturated carbocycles. The number of hydrogen-bond donors (Lipinski definition) is 0. The van der Waals surface area contributed by atoms with E-state index in [-0.39, 0.29) is 12.1 Å². The van der Waals surface area contributed by atoms with Crippen LogP contribution in [-0.2, 0) is 4.74 Å². The van der Waals surface area contributed by atoms with Crippen LogP contribution < -0.4 is 4.74 Å². The Bertz CT molecular complexity index is 1050. The Kier molecular flexibility index (Phi) is 11.9. The third-order valence-electron chi connectivity index (χ3n) is 7.06. The average Bonchev–Trinajstić information content (AvgIpc) is 2.94. The fourth-order valence-electron chi connectivity index (χ4n) is 4.70. The number of benzene rings is 3. The first-order valence-corrected chi connectivity index (χ1v) is 14.2. The molecule has 0 saturated heterocycles. The van der Waals surface area contributed by atoms with Gasteiger partial charge in [-0.3, -0.25) is 0 Å². The van der Waals surface area contributed by atoms with Crippen LogP contribution in [0.2, 0.25) is 0 Å². The smallest absolute Gasteiger partial charge is 0.343 e. The molecule has 198 valence electrons. The largest absolute Gasteiger partial charge is 0.423 e. The van der Waals surface area contributed by atoms with Crippen LogP contribution in [0.15, 0.2) is 72.8 Å². The van der Waals surface area contributed by atoms with Crippen LogP contribution in [0, 0.1) is 0 Å². The number of carbonyl (C=O) groups is 1. The van der Waals surface area contributed by atoms with Crippen molar-refractivity contribution >= 4 is 5.97 Å². The van der Waals surface area contributed by atoms with E-state index < -0.39 is 0 Å². The second-order valence-electron chi connectivity index (χ2n) is 10.0. The van der Waals surface area contributed by atoms with Gasteiger partial charge in [-0.15, -0.1) is 0 Å². The van der Waals surface area contributed by atoms with Crippen LogP contribution in [0.5, 0.6) is 5.75 Å². The zero-order chi connectivity index (χ0) is 26.5. The summed E-state index contributed by atoms with van der Waals surface area (Å²) in [7, 11) is 0. The molecule has 3 aromatic rings. The number of esters is 1. The van der Waals surface area contributed by atoms with Gasteiger partial charge in [0.05, 0.1) is 11.7 Å². The monoisotopic (exact) mass is 500 g/mol. The summed E-state index contributed by atoms with van der Waals surface area (Å²) in [5.41, 5.74) is 5.24. The fraction of sp³-hybridized carbons (Fsp3) is 0.441. The molecule has 0 amide bonds. The Morgan fingerprint density at radius 3 is 1.86 bits per heavy atom. The molecule has 0 aliphatic rings. The van der Waals surface area contributed by atoms with Crippen molar-refractivity contribution in [3.8, 4) is 16.9 Å². The molecule has 37 heavy (non-hydrogen) atoms. The highest BCUT2D eigenvalue weighted by atomic mass is 16.5. The van der Waals surface area contributed by atoms with Crippen LogP contribution in [0.4, 0.5) is 0 Å². The first-order chi connectivity index (χ1) is 18.0. The van der Waals surface area contributed by atoms with Crippen molar-refractivity contribution in [2.45, 2.75) is 91.1 Å². The van der Waals surface area contributed by atoms with Gasteiger partial charge in [-0.05, 0) is 78.6 Å². The summed E-state index contributed by atoms with van der Waals surface area (Å²) in [5.74, 6) is 0.836. The predicted octanol–water partition coefficient (Wildman–Crippen LogP) is 9.91. The van der Waals surface area contributed by atoms with Crippen LogP contribution in [0.1, 0.15) is 113 Å². The molecule has 0 spiro atoms. The average molecular weight is 501 g/mol. The molecule has 0 aliphatic carbocycles. The van der Waals surface area contributed by atoms with Crippen molar-refractivity contribution in [2.75, 3.05) is 6.61 Å². The molecule has 0 N–H and O–H groups in total. The zero-order valence-corrected chi connectivity index (χ0v) is 23.2. The predicted molar refractivity (Wildman–Crippen MR) is 154 cm³/mol.